The first-order valence-corrected chi connectivity index (χ1v) is 4.35. The highest BCUT2D eigenvalue weighted by molar-refractivity contribution is 5.56. The van der Waals surface area contributed by atoms with E-state index in [4.69, 9.17) is 11.5 Å². The molecule has 0 aliphatic rings. The predicted octanol–water partition coefficient (Wildman–Crippen LogP) is 1.34. The monoisotopic (exact) mass is 180 g/mol. The fourth-order valence-electron chi connectivity index (χ4n) is 1.25. The summed E-state index contributed by atoms with van der Waals surface area (Å²) in [5, 5.41) is 9.39. The molecule has 0 aliphatic heterocycles. The van der Waals surface area contributed by atoms with Gasteiger partial charge >= 0.3 is 0 Å². The second kappa shape index (κ2) is 3.66. The zero-order valence-electron chi connectivity index (χ0n) is 7.99. The van der Waals surface area contributed by atoms with Crippen LogP contribution in [0, 0.1) is 0 Å². The Kier molecular flexibility index (Phi) is 2.78. The number of nitrogen functional groups attached to an aromatic ring is 2. The van der Waals surface area contributed by atoms with Crippen molar-refractivity contribution in [1.29, 1.82) is 0 Å². The Morgan fingerprint density at radius 2 is 1.85 bits per heavy atom. The Labute approximate surface area is 78.4 Å². The number of hydrogen-bond acceptors (Lipinski definition) is 3. The fourth-order valence-corrected chi connectivity index (χ4v) is 1.25. The minimum Gasteiger partial charge on any atom is -0.399 e. The first kappa shape index (κ1) is 9.86. The summed E-state index contributed by atoms with van der Waals surface area (Å²) >= 11 is 0. The number of anilines is 2. The van der Waals surface area contributed by atoms with Gasteiger partial charge in [-0.3, -0.25) is 0 Å². The van der Waals surface area contributed by atoms with Gasteiger partial charge in [0.05, 0.1) is 6.10 Å². The Morgan fingerprint density at radius 1 is 1.23 bits per heavy atom. The molecule has 0 aromatic heterocycles. The highest BCUT2D eigenvalue weighted by Gasteiger charge is 2.14. The smallest absolute Gasteiger partial charge is 0.0578 e. The number of aliphatic hydroxyl groups is 1. The molecule has 0 spiro atoms. The summed E-state index contributed by atoms with van der Waals surface area (Å²) in [6, 6.07) is 5.34. The molecule has 0 fully saturated rings. The maximum atomic E-state index is 9.39. The quantitative estimate of drug-likeness (QED) is 0.601. The van der Waals surface area contributed by atoms with Crippen LogP contribution in [-0.4, -0.2) is 11.2 Å². The van der Waals surface area contributed by atoms with E-state index in [0.717, 1.165) is 5.56 Å². The molecule has 3 nitrogen and oxygen atoms in total. The highest BCUT2D eigenvalue weighted by Crippen LogP contribution is 2.26. The second-order valence-corrected chi connectivity index (χ2v) is 3.42. The minimum atomic E-state index is -0.413. The van der Waals surface area contributed by atoms with Gasteiger partial charge in [0.25, 0.3) is 0 Å². The lowest BCUT2D eigenvalue weighted by Crippen LogP contribution is -2.13. The maximum Gasteiger partial charge on any atom is 0.0578 e. The summed E-state index contributed by atoms with van der Waals surface area (Å²) in [4.78, 5) is 0. The molecule has 1 aromatic rings. The van der Waals surface area contributed by atoms with Gasteiger partial charge in [0.15, 0.2) is 0 Å². The molecule has 2 atom stereocenters. The number of nitrogens with two attached hydrogens (primary N) is 2. The van der Waals surface area contributed by atoms with E-state index in [9.17, 15) is 5.11 Å². The molecule has 2 unspecified atom stereocenters. The van der Waals surface area contributed by atoms with Gasteiger partial charge in [-0.25, -0.2) is 0 Å². The van der Waals surface area contributed by atoms with Gasteiger partial charge in [-0.05, 0) is 30.7 Å². The molecule has 0 saturated heterocycles. The molecule has 0 bridgehead atoms. The number of hydrogen-bond donors (Lipinski definition) is 3. The minimum absolute atomic E-state index is 0.0171. The van der Waals surface area contributed by atoms with Gasteiger partial charge in [0, 0.05) is 17.3 Å². The van der Waals surface area contributed by atoms with E-state index >= 15 is 0 Å². The van der Waals surface area contributed by atoms with Crippen LogP contribution in [0.5, 0.6) is 0 Å². The van der Waals surface area contributed by atoms with Crippen molar-refractivity contribution in [2.45, 2.75) is 25.9 Å². The van der Waals surface area contributed by atoms with Crippen LogP contribution in [0.3, 0.4) is 0 Å². The van der Waals surface area contributed by atoms with Crippen molar-refractivity contribution in [3.8, 4) is 0 Å². The van der Waals surface area contributed by atoms with Crippen molar-refractivity contribution >= 4 is 11.4 Å². The summed E-state index contributed by atoms with van der Waals surface area (Å²) in [6.45, 7) is 3.67. The van der Waals surface area contributed by atoms with Gasteiger partial charge < -0.3 is 16.6 Å². The summed E-state index contributed by atoms with van der Waals surface area (Å²) in [5.74, 6) is 0.0171. The van der Waals surface area contributed by atoms with Crippen molar-refractivity contribution in [3.63, 3.8) is 0 Å². The maximum absolute atomic E-state index is 9.39. The van der Waals surface area contributed by atoms with Crippen LogP contribution in [0.25, 0.3) is 0 Å². The van der Waals surface area contributed by atoms with Crippen molar-refractivity contribution in [1.82, 2.24) is 0 Å². The molecule has 0 saturated carbocycles. The van der Waals surface area contributed by atoms with E-state index in [2.05, 4.69) is 0 Å². The molecule has 0 aliphatic carbocycles. The van der Waals surface area contributed by atoms with Crippen LogP contribution >= 0.6 is 0 Å². The van der Waals surface area contributed by atoms with Crippen LogP contribution in [0.4, 0.5) is 11.4 Å². The first-order chi connectivity index (χ1) is 6.02. The standard InChI is InChI=1S/C10H16N2O/c1-6(7(2)13)9-5-8(11)3-4-10(9)12/h3-7,13H,11-12H2,1-2H3. The molecule has 3 heteroatoms. The van der Waals surface area contributed by atoms with Crippen LogP contribution in [0.15, 0.2) is 18.2 Å². The lowest BCUT2D eigenvalue weighted by Gasteiger charge is -2.17. The highest BCUT2D eigenvalue weighted by atomic mass is 16.3. The normalized spacial score (nSPS) is 15.3. The van der Waals surface area contributed by atoms with Gasteiger partial charge in [0.1, 0.15) is 0 Å². The third-order valence-corrected chi connectivity index (χ3v) is 2.33. The third-order valence-electron chi connectivity index (χ3n) is 2.33. The topological polar surface area (TPSA) is 72.3 Å². The fraction of sp³-hybridized carbons (Fsp3) is 0.400. The molecule has 72 valence electrons. The molecule has 0 radical (unpaired) electrons. The van der Waals surface area contributed by atoms with Gasteiger partial charge in [-0.2, -0.15) is 0 Å². The van der Waals surface area contributed by atoms with Crippen molar-refractivity contribution in [2.24, 2.45) is 0 Å². The van der Waals surface area contributed by atoms with Crippen LogP contribution in [0.2, 0.25) is 0 Å². The summed E-state index contributed by atoms with van der Waals surface area (Å²) in [5.41, 5.74) is 13.7. The molecule has 13 heavy (non-hydrogen) atoms. The summed E-state index contributed by atoms with van der Waals surface area (Å²) < 4.78 is 0. The molecule has 1 rings (SSSR count). The van der Waals surface area contributed by atoms with Gasteiger partial charge in [-0.15, -0.1) is 0 Å². The summed E-state index contributed by atoms with van der Waals surface area (Å²) in [6.07, 6.45) is -0.413. The zero-order valence-corrected chi connectivity index (χ0v) is 7.99. The molecular weight excluding hydrogens is 164 g/mol. The Hall–Kier alpha value is -1.22. The van der Waals surface area contributed by atoms with Crippen molar-refractivity contribution in [2.75, 3.05) is 11.5 Å². The van der Waals surface area contributed by atoms with Crippen molar-refractivity contribution in [3.05, 3.63) is 23.8 Å². The number of aliphatic hydroxyl groups excluding tert-OH is 1. The molecule has 5 N–H and O–H groups in total. The number of benzene rings is 1. The van der Waals surface area contributed by atoms with E-state index in [0.29, 0.717) is 11.4 Å². The lowest BCUT2D eigenvalue weighted by atomic mass is 9.94. The Morgan fingerprint density at radius 3 is 2.38 bits per heavy atom. The average Bonchev–Trinajstić information content (AvgIpc) is 2.08. The Balaban J connectivity index is 3.05. The molecule has 0 amide bonds. The summed E-state index contributed by atoms with van der Waals surface area (Å²) in [7, 11) is 0. The average molecular weight is 180 g/mol. The first-order valence-electron chi connectivity index (χ1n) is 4.35. The van der Waals surface area contributed by atoms with Crippen molar-refractivity contribution < 1.29 is 5.11 Å². The lowest BCUT2D eigenvalue weighted by molar-refractivity contribution is 0.169. The van der Waals surface area contributed by atoms with E-state index in [1.54, 1.807) is 19.1 Å². The molecule has 1 aromatic carbocycles. The number of rotatable bonds is 2. The largest absolute Gasteiger partial charge is 0.399 e. The van der Waals surface area contributed by atoms with Crippen LogP contribution in [0.1, 0.15) is 25.3 Å². The van der Waals surface area contributed by atoms with Gasteiger partial charge in [0.2, 0.25) is 0 Å². The zero-order chi connectivity index (χ0) is 10.0. The van der Waals surface area contributed by atoms with E-state index in [1.807, 2.05) is 13.0 Å². The molecular formula is C10H16N2O. The van der Waals surface area contributed by atoms with Gasteiger partial charge in [-0.1, -0.05) is 6.92 Å². The van der Waals surface area contributed by atoms with E-state index in [1.165, 1.54) is 0 Å². The van der Waals surface area contributed by atoms with Crippen LogP contribution in [-0.2, 0) is 0 Å². The van der Waals surface area contributed by atoms with Crippen LogP contribution < -0.4 is 11.5 Å². The third kappa shape index (κ3) is 2.12. The van der Waals surface area contributed by atoms with E-state index in [-0.39, 0.29) is 5.92 Å². The molecule has 0 heterocycles. The Bertz CT molecular complexity index is 297. The predicted molar refractivity (Wildman–Crippen MR) is 55.4 cm³/mol. The van der Waals surface area contributed by atoms with E-state index < -0.39 is 6.10 Å². The second-order valence-electron chi connectivity index (χ2n) is 3.42. The SMILES string of the molecule is CC(O)C(C)c1cc(N)ccc1N.